The van der Waals surface area contributed by atoms with Crippen molar-refractivity contribution in [3.05, 3.63) is 89.9 Å². The van der Waals surface area contributed by atoms with E-state index in [0.29, 0.717) is 0 Å². The first-order valence-corrected chi connectivity index (χ1v) is 8.25. The number of benzene rings is 2. The molecule has 0 amide bonds. The number of nitrogens with zero attached hydrogens (tertiary/aromatic N) is 1. The van der Waals surface area contributed by atoms with Gasteiger partial charge in [-0.15, -0.1) is 0 Å². The number of H-pyrrole nitrogens is 1. The first kappa shape index (κ1) is 15.3. The van der Waals surface area contributed by atoms with Crippen LogP contribution in [0.25, 0.3) is 10.9 Å². The number of para-hydroxylation sites is 1. The highest BCUT2D eigenvalue weighted by Crippen LogP contribution is 2.34. The molecule has 0 aliphatic rings. The van der Waals surface area contributed by atoms with E-state index in [9.17, 15) is 5.11 Å². The third-order valence-corrected chi connectivity index (χ3v) is 4.41. The van der Waals surface area contributed by atoms with E-state index in [0.717, 1.165) is 22.5 Å². The van der Waals surface area contributed by atoms with Crippen molar-refractivity contribution >= 4 is 16.6 Å². The van der Waals surface area contributed by atoms with E-state index in [2.05, 4.69) is 40.4 Å². The molecular formula is C21H19N3O. The molecule has 4 rings (SSSR count). The van der Waals surface area contributed by atoms with Gasteiger partial charge in [-0.3, -0.25) is 4.98 Å². The van der Waals surface area contributed by atoms with Crippen LogP contribution >= 0.6 is 0 Å². The van der Waals surface area contributed by atoms with Gasteiger partial charge in [0.2, 0.25) is 0 Å². The molecule has 0 saturated heterocycles. The third kappa shape index (κ3) is 2.94. The largest absolute Gasteiger partial charge is 0.508 e. The van der Waals surface area contributed by atoms with Gasteiger partial charge >= 0.3 is 0 Å². The number of phenolic OH excluding ortho intramolecular Hbond substituents is 1. The van der Waals surface area contributed by atoms with E-state index in [4.69, 9.17) is 0 Å². The number of fused-ring (bicyclic) bond motifs is 1. The Morgan fingerprint density at radius 2 is 1.92 bits per heavy atom. The van der Waals surface area contributed by atoms with Crippen LogP contribution < -0.4 is 5.32 Å². The summed E-state index contributed by atoms with van der Waals surface area (Å²) < 4.78 is 0. The van der Waals surface area contributed by atoms with E-state index in [1.807, 2.05) is 36.5 Å². The number of hydrogen-bond donors (Lipinski definition) is 3. The molecular weight excluding hydrogens is 310 g/mol. The van der Waals surface area contributed by atoms with Gasteiger partial charge in [0.1, 0.15) is 5.75 Å². The summed E-state index contributed by atoms with van der Waals surface area (Å²) in [7, 11) is 0. The lowest BCUT2D eigenvalue weighted by molar-refractivity contribution is 0.475. The number of hydrogen-bond acceptors (Lipinski definition) is 3. The SMILES string of the molecule is Cc1[nH]c2ccccc2c1C(Nc1cccc(O)c1)c1cccnc1. The quantitative estimate of drug-likeness (QED) is 0.505. The fraction of sp³-hybridized carbons (Fsp3) is 0.0952. The summed E-state index contributed by atoms with van der Waals surface area (Å²) in [5.74, 6) is 0.241. The van der Waals surface area contributed by atoms with Crippen molar-refractivity contribution in [3.63, 3.8) is 0 Å². The number of aryl methyl sites for hydroxylation is 1. The predicted molar refractivity (Wildman–Crippen MR) is 101 cm³/mol. The maximum Gasteiger partial charge on any atom is 0.117 e. The summed E-state index contributed by atoms with van der Waals surface area (Å²) in [6.45, 7) is 2.09. The molecule has 1 atom stereocenters. The minimum absolute atomic E-state index is 0.0772. The Labute approximate surface area is 146 Å². The van der Waals surface area contributed by atoms with E-state index >= 15 is 0 Å². The summed E-state index contributed by atoms with van der Waals surface area (Å²) in [5.41, 5.74) is 5.34. The first-order valence-electron chi connectivity index (χ1n) is 8.25. The summed E-state index contributed by atoms with van der Waals surface area (Å²) >= 11 is 0. The van der Waals surface area contributed by atoms with Gasteiger partial charge in [-0.25, -0.2) is 0 Å². The number of aromatic amines is 1. The predicted octanol–water partition coefficient (Wildman–Crippen LogP) is 4.78. The number of pyridine rings is 1. The maximum atomic E-state index is 9.79. The number of phenols is 1. The van der Waals surface area contributed by atoms with Crippen LogP contribution in [0.1, 0.15) is 22.9 Å². The van der Waals surface area contributed by atoms with Crippen molar-refractivity contribution in [2.45, 2.75) is 13.0 Å². The Kier molecular flexibility index (Phi) is 3.86. The van der Waals surface area contributed by atoms with E-state index in [-0.39, 0.29) is 11.8 Å². The Bertz CT molecular complexity index is 1010. The molecule has 1 unspecified atom stereocenters. The molecule has 124 valence electrons. The van der Waals surface area contributed by atoms with E-state index in [1.54, 1.807) is 18.3 Å². The molecule has 2 heterocycles. The summed E-state index contributed by atoms with van der Waals surface area (Å²) in [4.78, 5) is 7.75. The Morgan fingerprint density at radius 1 is 1.04 bits per heavy atom. The van der Waals surface area contributed by atoms with Crippen molar-refractivity contribution in [3.8, 4) is 5.75 Å². The zero-order valence-electron chi connectivity index (χ0n) is 13.9. The Hall–Kier alpha value is -3.27. The van der Waals surface area contributed by atoms with Crippen LogP contribution in [0.2, 0.25) is 0 Å². The second-order valence-electron chi connectivity index (χ2n) is 6.12. The van der Waals surface area contributed by atoms with Gasteiger partial charge in [0, 0.05) is 46.3 Å². The molecule has 0 saturated carbocycles. The molecule has 0 radical (unpaired) electrons. The number of anilines is 1. The Morgan fingerprint density at radius 3 is 2.72 bits per heavy atom. The summed E-state index contributed by atoms with van der Waals surface area (Å²) in [6, 6.07) is 19.4. The van der Waals surface area contributed by atoms with Gasteiger partial charge < -0.3 is 15.4 Å². The fourth-order valence-electron chi connectivity index (χ4n) is 3.30. The van der Waals surface area contributed by atoms with E-state index in [1.165, 1.54) is 10.9 Å². The lowest BCUT2D eigenvalue weighted by Crippen LogP contribution is -2.13. The maximum absolute atomic E-state index is 9.79. The van der Waals surface area contributed by atoms with Crippen molar-refractivity contribution in [2.24, 2.45) is 0 Å². The van der Waals surface area contributed by atoms with Gasteiger partial charge in [0.05, 0.1) is 6.04 Å². The molecule has 4 aromatic rings. The zero-order chi connectivity index (χ0) is 17.2. The molecule has 25 heavy (non-hydrogen) atoms. The van der Waals surface area contributed by atoms with Crippen LogP contribution in [0, 0.1) is 6.92 Å². The minimum Gasteiger partial charge on any atom is -0.508 e. The van der Waals surface area contributed by atoms with Crippen LogP contribution in [-0.2, 0) is 0 Å². The number of rotatable bonds is 4. The fourth-order valence-corrected chi connectivity index (χ4v) is 3.30. The highest BCUT2D eigenvalue weighted by molar-refractivity contribution is 5.86. The third-order valence-electron chi connectivity index (χ3n) is 4.41. The van der Waals surface area contributed by atoms with Crippen LogP contribution in [0.15, 0.2) is 73.1 Å². The number of aromatic nitrogens is 2. The first-order chi connectivity index (χ1) is 12.2. The summed E-state index contributed by atoms with van der Waals surface area (Å²) in [5, 5.41) is 14.5. The van der Waals surface area contributed by atoms with Gasteiger partial charge in [-0.1, -0.05) is 30.3 Å². The highest BCUT2D eigenvalue weighted by atomic mass is 16.3. The van der Waals surface area contributed by atoms with Crippen molar-refractivity contribution in [1.29, 1.82) is 0 Å². The van der Waals surface area contributed by atoms with Gasteiger partial charge in [0.15, 0.2) is 0 Å². The van der Waals surface area contributed by atoms with Gasteiger partial charge in [-0.2, -0.15) is 0 Å². The van der Waals surface area contributed by atoms with Gasteiger partial charge in [-0.05, 0) is 36.8 Å². The lowest BCUT2D eigenvalue weighted by atomic mass is 9.97. The van der Waals surface area contributed by atoms with Crippen molar-refractivity contribution in [1.82, 2.24) is 9.97 Å². The monoisotopic (exact) mass is 329 g/mol. The molecule has 0 aliphatic heterocycles. The summed E-state index contributed by atoms with van der Waals surface area (Å²) in [6.07, 6.45) is 3.65. The number of nitrogens with one attached hydrogen (secondary N) is 2. The minimum atomic E-state index is -0.0772. The van der Waals surface area contributed by atoms with Crippen molar-refractivity contribution in [2.75, 3.05) is 5.32 Å². The second-order valence-corrected chi connectivity index (χ2v) is 6.12. The molecule has 0 fully saturated rings. The normalized spacial score (nSPS) is 12.2. The molecule has 3 N–H and O–H groups in total. The van der Waals surface area contributed by atoms with Gasteiger partial charge in [0.25, 0.3) is 0 Å². The van der Waals surface area contributed by atoms with Crippen LogP contribution in [-0.4, -0.2) is 15.1 Å². The molecule has 0 bridgehead atoms. The highest BCUT2D eigenvalue weighted by Gasteiger charge is 2.21. The van der Waals surface area contributed by atoms with Crippen molar-refractivity contribution < 1.29 is 5.11 Å². The van der Waals surface area contributed by atoms with E-state index < -0.39 is 0 Å². The second kappa shape index (κ2) is 6.32. The zero-order valence-corrected chi connectivity index (χ0v) is 13.9. The standard InChI is InChI=1S/C21H19N3O/c1-14-20(18-9-2-3-10-19(18)23-14)21(15-6-5-11-22-13-15)24-16-7-4-8-17(25)12-16/h2-13,21,23-25H,1H3. The molecule has 0 aliphatic carbocycles. The lowest BCUT2D eigenvalue weighted by Gasteiger charge is -2.21. The average Bonchev–Trinajstić information content (AvgIpc) is 2.96. The van der Waals surface area contributed by atoms with Crippen LogP contribution in [0.4, 0.5) is 5.69 Å². The molecule has 4 nitrogen and oxygen atoms in total. The molecule has 2 aromatic heterocycles. The van der Waals surface area contributed by atoms with Crippen LogP contribution in [0.5, 0.6) is 5.75 Å². The molecule has 2 aromatic carbocycles. The van der Waals surface area contributed by atoms with Crippen LogP contribution in [0.3, 0.4) is 0 Å². The Balaban J connectivity index is 1.87. The average molecular weight is 329 g/mol. The number of aromatic hydroxyl groups is 1. The topological polar surface area (TPSA) is 60.9 Å². The molecule has 0 spiro atoms. The molecule has 4 heteroatoms. The smallest absolute Gasteiger partial charge is 0.117 e.